The summed E-state index contributed by atoms with van der Waals surface area (Å²) in [6.45, 7) is 3.94. The van der Waals surface area contributed by atoms with E-state index in [4.69, 9.17) is 21.7 Å². The maximum absolute atomic E-state index is 12.2. The largest absolute Gasteiger partial charge is 0.465 e. The summed E-state index contributed by atoms with van der Waals surface area (Å²) < 4.78 is 0. The molecule has 1 amide bonds. The molecule has 2 atom stereocenters. The Labute approximate surface area is 199 Å². The van der Waals surface area contributed by atoms with Crippen molar-refractivity contribution in [2.45, 2.75) is 38.2 Å². The lowest BCUT2D eigenvalue weighted by atomic mass is 9.73. The summed E-state index contributed by atoms with van der Waals surface area (Å²) in [5, 5.41) is 28.6. The molecule has 0 saturated carbocycles. The molecule has 3 aromatic rings. The first-order valence-electron chi connectivity index (χ1n) is 11.5. The van der Waals surface area contributed by atoms with Crippen LogP contribution in [0.5, 0.6) is 0 Å². The van der Waals surface area contributed by atoms with Crippen LogP contribution in [0.1, 0.15) is 36.8 Å². The second kappa shape index (κ2) is 10.1. The third kappa shape index (κ3) is 4.98. The molecule has 1 fully saturated rings. The van der Waals surface area contributed by atoms with Gasteiger partial charge in [0.1, 0.15) is 0 Å². The number of nitrogens with one attached hydrogen (secondary N) is 2. The first-order valence-corrected chi connectivity index (χ1v) is 11.8. The van der Waals surface area contributed by atoms with E-state index in [1.807, 2.05) is 55.5 Å². The zero-order chi connectivity index (χ0) is 23.4. The molecular weight excluding hydrogens is 438 g/mol. The van der Waals surface area contributed by atoms with Gasteiger partial charge in [0.05, 0.1) is 21.8 Å². The number of carbonyl (C=O) groups is 1. The number of rotatable bonds is 7. The van der Waals surface area contributed by atoms with Gasteiger partial charge < -0.3 is 20.8 Å². The van der Waals surface area contributed by atoms with Crippen LogP contribution in [0.3, 0.4) is 0 Å². The fraction of sp³-hybridized carbons (Fsp3) is 0.385. The quantitative estimate of drug-likeness (QED) is 0.363. The van der Waals surface area contributed by atoms with Gasteiger partial charge in [0.2, 0.25) is 0 Å². The molecule has 2 aromatic carbocycles. The van der Waals surface area contributed by atoms with Crippen LogP contribution in [0.15, 0.2) is 48.5 Å². The minimum absolute atomic E-state index is 0.0181. The van der Waals surface area contributed by atoms with Crippen molar-refractivity contribution in [3.05, 3.63) is 64.7 Å². The number of aryl methyl sites for hydroxylation is 1. The Morgan fingerprint density at radius 1 is 1.24 bits per heavy atom. The number of aromatic nitrogens is 1. The predicted molar refractivity (Wildman–Crippen MR) is 132 cm³/mol. The van der Waals surface area contributed by atoms with Crippen molar-refractivity contribution in [3.63, 3.8) is 0 Å². The lowest BCUT2D eigenvalue weighted by Crippen LogP contribution is -2.45. The third-order valence-corrected chi connectivity index (χ3v) is 6.96. The number of nitrogens with zero attached hydrogens (tertiary/aromatic N) is 1. The number of piperidine rings is 1. The van der Waals surface area contributed by atoms with E-state index < -0.39 is 11.7 Å². The van der Waals surface area contributed by atoms with E-state index in [0.29, 0.717) is 24.4 Å². The average molecular weight is 468 g/mol. The van der Waals surface area contributed by atoms with E-state index in [-0.39, 0.29) is 12.5 Å². The molecular formula is C26H30ClN3O3. The topological polar surface area (TPSA) is 94.5 Å². The van der Waals surface area contributed by atoms with Gasteiger partial charge in [-0.15, -0.1) is 0 Å². The Morgan fingerprint density at radius 2 is 2.06 bits per heavy atom. The summed E-state index contributed by atoms with van der Waals surface area (Å²) in [5.74, 6) is -0.0181. The van der Waals surface area contributed by atoms with Crippen LogP contribution in [0.2, 0.25) is 5.02 Å². The molecule has 0 aliphatic carbocycles. The van der Waals surface area contributed by atoms with Crippen molar-refractivity contribution in [3.8, 4) is 11.3 Å². The molecule has 1 aliphatic rings. The molecule has 2 heterocycles. The summed E-state index contributed by atoms with van der Waals surface area (Å²) in [4.78, 5) is 15.8. The lowest BCUT2D eigenvalue weighted by Gasteiger charge is -2.40. The van der Waals surface area contributed by atoms with Crippen LogP contribution in [-0.2, 0) is 5.60 Å². The monoisotopic (exact) mass is 467 g/mol. The maximum atomic E-state index is 12.2. The van der Waals surface area contributed by atoms with Crippen LogP contribution < -0.4 is 10.6 Å². The smallest absolute Gasteiger partial charge is 0.404 e. The number of carboxylic acid groups (broad SMARTS) is 1. The normalized spacial score (nSPS) is 18.1. The van der Waals surface area contributed by atoms with Gasteiger partial charge in [0.25, 0.3) is 0 Å². The number of benzene rings is 2. The molecule has 1 unspecified atom stereocenters. The number of fused-ring (bicyclic) bond motifs is 1. The zero-order valence-corrected chi connectivity index (χ0v) is 19.5. The van der Waals surface area contributed by atoms with Crippen molar-refractivity contribution in [2.24, 2.45) is 5.92 Å². The second-order valence-corrected chi connectivity index (χ2v) is 9.22. The van der Waals surface area contributed by atoms with Crippen molar-refractivity contribution in [1.82, 2.24) is 15.6 Å². The van der Waals surface area contributed by atoms with Gasteiger partial charge in [-0.05, 0) is 62.4 Å². The van der Waals surface area contributed by atoms with E-state index in [2.05, 4.69) is 10.6 Å². The summed E-state index contributed by atoms with van der Waals surface area (Å²) >= 11 is 6.75. The summed E-state index contributed by atoms with van der Waals surface area (Å²) in [6.07, 6.45) is 1.72. The SMILES string of the molecule is Cc1cccc2ccc(-c3c(Cl)cccc3C(O)(CCCNC(=O)O)[C@@H]3CCCNC3)nc12. The van der Waals surface area contributed by atoms with Crippen molar-refractivity contribution < 1.29 is 15.0 Å². The van der Waals surface area contributed by atoms with E-state index in [9.17, 15) is 9.90 Å². The Bertz CT molecular complexity index is 1150. The average Bonchev–Trinajstić information content (AvgIpc) is 2.82. The minimum atomic E-state index is -1.17. The van der Waals surface area contributed by atoms with Gasteiger partial charge >= 0.3 is 6.09 Å². The Hall–Kier alpha value is -2.67. The molecule has 6 nitrogen and oxygen atoms in total. The van der Waals surface area contributed by atoms with Gasteiger partial charge in [-0.1, -0.05) is 48.0 Å². The molecule has 0 spiro atoms. The fourth-order valence-corrected chi connectivity index (χ4v) is 5.22. The van der Waals surface area contributed by atoms with Crippen LogP contribution in [0.25, 0.3) is 22.2 Å². The number of para-hydroxylation sites is 1. The predicted octanol–water partition coefficient (Wildman–Crippen LogP) is 5.10. The molecule has 4 N–H and O–H groups in total. The van der Waals surface area contributed by atoms with E-state index in [0.717, 1.165) is 52.7 Å². The highest BCUT2D eigenvalue weighted by atomic mass is 35.5. The molecule has 174 valence electrons. The standard InChI is InChI=1S/C26H30ClN3O3/c1-17-6-2-7-18-11-12-22(30-24(17)18)23-20(9-3-10-21(23)27)26(33,13-5-15-29-25(31)32)19-8-4-14-28-16-19/h2-3,6-7,9-12,19,28-29,33H,4-5,8,13-16H2,1H3,(H,31,32)/t19-,26?/m1/s1. The molecule has 1 aliphatic heterocycles. The van der Waals surface area contributed by atoms with Crippen molar-refractivity contribution in [2.75, 3.05) is 19.6 Å². The van der Waals surface area contributed by atoms with Crippen LogP contribution >= 0.6 is 11.6 Å². The molecule has 0 bridgehead atoms. The highest BCUT2D eigenvalue weighted by Crippen LogP contribution is 2.44. The first-order chi connectivity index (χ1) is 15.9. The van der Waals surface area contributed by atoms with E-state index in [1.54, 1.807) is 0 Å². The third-order valence-electron chi connectivity index (χ3n) is 6.64. The number of halogens is 1. The van der Waals surface area contributed by atoms with Crippen LogP contribution in [-0.4, -0.2) is 40.9 Å². The zero-order valence-electron chi connectivity index (χ0n) is 18.8. The lowest BCUT2D eigenvalue weighted by molar-refractivity contribution is -0.0415. The fourth-order valence-electron chi connectivity index (χ4n) is 4.95. The number of amides is 1. The highest BCUT2D eigenvalue weighted by molar-refractivity contribution is 6.33. The second-order valence-electron chi connectivity index (χ2n) is 8.81. The van der Waals surface area contributed by atoms with Crippen molar-refractivity contribution in [1.29, 1.82) is 0 Å². The molecule has 1 saturated heterocycles. The number of hydrogen-bond acceptors (Lipinski definition) is 4. The summed E-state index contributed by atoms with van der Waals surface area (Å²) in [5.41, 5.74) is 3.03. The Balaban J connectivity index is 1.80. The van der Waals surface area contributed by atoms with Gasteiger partial charge in [-0.25, -0.2) is 9.78 Å². The summed E-state index contributed by atoms with van der Waals surface area (Å²) in [6, 6.07) is 15.7. The summed E-state index contributed by atoms with van der Waals surface area (Å²) in [7, 11) is 0. The number of aliphatic hydroxyl groups is 1. The van der Waals surface area contributed by atoms with Crippen LogP contribution in [0, 0.1) is 12.8 Å². The number of pyridine rings is 1. The minimum Gasteiger partial charge on any atom is -0.465 e. The van der Waals surface area contributed by atoms with Crippen LogP contribution in [0.4, 0.5) is 4.79 Å². The number of hydrogen-bond donors (Lipinski definition) is 4. The first kappa shape index (κ1) is 23.5. The molecule has 0 radical (unpaired) electrons. The molecule has 33 heavy (non-hydrogen) atoms. The molecule has 7 heteroatoms. The van der Waals surface area contributed by atoms with E-state index in [1.165, 1.54) is 0 Å². The molecule has 1 aromatic heterocycles. The Kier molecular flexibility index (Phi) is 7.17. The Morgan fingerprint density at radius 3 is 2.82 bits per heavy atom. The molecule has 4 rings (SSSR count). The van der Waals surface area contributed by atoms with Gasteiger partial charge in [-0.2, -0.15) is 0 Å². The van der Waals surface area contributed by atoms with Gasteiger partial charge in [-0.3, -0.25) is 0 Å². The van der Waals surface area contributed by atoms with E-state index >= 15 is 0 Å². The van der Waals surface area contributed by atoms with Gasteiger partial charge in [0.15, 0.2) is 0 Å². The highest BCUT2D eigenvalue weighted by Gasteiger charge is 2.40. The van der Waals surface area contributed by atoms with Crippen molar-refractivity contribution >= 4 is 28.6 Å². The maximum Gasteiger partial charge on any atom is 0.404 e. The van der Waals surface area contributed by atoms with Gasteiger partial charge in [0, 0.05) is 30.0 Å².